The van der Waals surface area contributed by atoms with Gasteiger partial charge in [0.1, 0.15) is 0 Å². The van der Waals surface area contributed by atoms with Gasteiger partial charge in [-0.25, -0.2) is 0 Å². The van der Waals surface area contributed by atoms with E-state index in [1.54, 1.807) is 6.07 Å². The second-order valence-electron chi connectivity index (χ2n) is 10.0. The van der Waals surface area contributed by atoms with E-state index in [1.165, 1.54) is 18.4 Å². The number of carbonyl (C=O) groups is 1. The van der Waals surface area contributed by atoms with Crippen molar-refractivity contribution in [1.82, 2.24) is 15.5 Å². The first-order chi connectivity index (χ1) is 16.7. The summed E-state index contributed by atoms with van der Waals surface area (Å²) in [6.07, 6.45) is 9.87. The molecule has 0 unspecified atom stereocenters. The minimum atomic E-state index is -0.0803. The molecule has 6 heteroatoms. The number of hydrogen-bond donors (Lipinski definition) is 2. The van der Waals surface area contributed by atoms with Gasteiger partial charge >= 0.3 is 0 Å². The lowest BCUT2D eigenvalue weighted by atomic mass is 9.89. The maximum Gasteiger partial charge on any atom is 0.251 e. The van der Waals surface area contributed by atoms with Crippen molar-refractivity contribution in [2.75, 3.05) is 32.1 Å². The molecule has 1 aliphatic carbocycles. The second kappa shape index (κ2) is 12.1. The topological polar surface area (TPSA) is 47.6 Å². The summed E-state index contributed by atoms with van der Waals surface area (Å²) < 4.78 is 0. The SMILES string of the molecule is C/C=C1\NC(C)=CC(CC)=C1CNC(=O)c1cc(Cl)cc(N(CC)C2CCC(N(C)C)CC2)c1C. The van der Waals surface area contributed by atoms with Crippen LogP contribution in [0.15, 0.2) is 46.8 Å². The van der Waals surface area contributed by atoms with Crippen molar-refractivity contribution in [3.05, 3.63) is 63.0 Å². The van der Waals surface area contributed by atoms with Crippen LogP contribution >= 0.6 is 11.6 Å². The Kier molecular flexibility index (Phi) is 9.48. The van der Waals surface area contributed by atoms with Gasteiger partial charge in [0.15, 0.2) is 0 Å². The first kappa shape index (κ1) is 27.3. The third-order valence-corrected chi connectivity index (χ3v) is 7.83. The highest BCUT2D eigenvalue weighted by Crippen LogP contribution is 2.34. The molecule has 1 fully saturated rings. The van der Waals surface area contributed by atoms with E-state index in [9.17, 15) is 4.79 Å². The lowest BCUT2D eigenvalue weighted by Gasteiger charge is -2.40. The highest BCUT2D eigenvalue weighted by Gasteiger charge is 2.28. The standard InChI is InChI=1S/C29H43ClN4O/c1-8-21-15-19(4)32-27(9-2)26(21)18-31-29(35)25-16-22(30)17-28(20(25)5)34(10-3)24-13-11-23(12-14-24)33(6)7/h9,15-17,23-24,32H,8,10-14,18H2,1-7H3,(H,31,35)/b27-9-. The molecule has 1 aromatic rings. The van der Waals surface area contributed by atoms with Gasteiger partial charge in [0, 0.05) is 52.8 Å². The van der Waals surface area contributed by atoms with Gasteiger partial charge in [-0.2, -0.15) is 0 Å². The van der Waals surface area contributed by atoms with E-state index in [0.717, 1.165) is 54.0 Å². The molecule has 0 radical (unpaired) electrons. The fraction of sp³-hybridized carbons (Fsp3) is 0.552. The monoisotopic (exact) mass is 498 g/mol. The fourth-order valence-electron chi connectivity index (χ4n) is 5.59. The van der Waals surface area contributed by atoms with E-state index in [-0.39, 0.29) is 5.91 Å². The van der Waals surface area contributed by atoms with Gasteiger partial charge in [-0.1, -0.05) is 24.6 Å². The zero-order valence-corrected chi connectivity index (χ0v) is 23.4. The molecule has 2 N–H and O–H groups in total. The molecular formula is C29H43ClN4O. The number of amides is 1. The Morgan fingerprint density at radius 3 is 2.37 bits per heavy atom. The zero-order valence-electron chi connectivity index (χ0n) is 22.6. The molecule has 1 aliphatic heterocycles. The predicted molar refractivity (Wildman–Crippen MR) is 149 cm³/mol. The lowest BCUT2D eigenvalue weighted by Crippen LogP contribution is -2.42. The maximum atomic E-state index is 13.4. The van der Waals surface area contributed by atoms with Crippen LogP contribution in [0, 0.1) is 6.92 Å². The average molecular weight is 499 g/mol. The number of rotatable bonds is 8. The van der Waals surface area contributed by atoms with Crippen molar-refractivity contribution in [1.29, 1.82) is 0 Å². The molecule has 192 valence electrons. The number of allylic oxidation sites excluding steroid dienone is 4. The van der Waals surface area contributed by atoms with Crippen molar-refractivity contribution in [3.8, 4) is 0 Å². The molecule has 0 aromatic heterocycles. The van der Waals surface area contributed by atoms with E-state index in [1.807, 2.05) is 13.0 Å². The summed E-state index contributed by atoms with van der Waals surface area (Å²) in [4.78, 5) is 18.2. The van der Waals surface area contributed by atoms with Crippen LogP contribution in [0.2, 0.25) is 5.02 Å². The van der Waals surface area contributed by atoms with Crippen LogP contribution in [-0.2, 0) is 0 Å². The predicted octanol–water partition coefficient (Wildman–Crippen LogP) is 6.19. The van der Waals surface area contributed by atoms with E-state index in [2.05, 4.69) is 74.4 Å². The summed E-state index contributed by atoms with van der Waals surface area (Å²) in [6.45, 7) is 11.9. The van der Waals surface area contributed by atoms with Gasteiger partial charge in [-0.05, 0) is 109 Å². The van der Waals surface area contributed by atoms with Crippen LogP contribution in [0.3, 0.4) is 0 Å². The third kappa shape index (κ3) is 6.31. The molecule has 0 saturated heterocycles. The number of anilines is 1. The van der Waals surface area contributed by atoms with Crippen molar-refractivity contribution in [2.45, 2.75) is 78.8 Å². The summed E-state index contributed by atoms with van der Waals surface area (Å²) in [5.41, 5.74) is 7.32. The molecule has 3 rings (SSSR count). The quantitative estimate of drug-likeness (QED) is 0.448. The summed E-state index contributed by atoms with van der Waals surface area (Å²) in [7, 11) is 4.35. The first-order valence-electron chi connectivity index (χ1n) is 13.0. The van der Waals surface area contributed by atoms with Gasteiger partial charge in [0.25, 0.3) is 5.91 Å². The van der Waals surface area contributed by atoms with E-state index in [0.29, 0.717) is 29.2 Å². The molecule has 1 aromatic carbocycles. The highest BCUT2D eigenvalue weighted by atomic mass is 35.5. The van der Waals surface area contributed by atoms with Gasteiger partial charge < -0.3 is 20.4 Å². The molecule has 0 spiro atoms. The molecule has 1 saturated carbocycles. The Morgan fingerprint density at radius 1 is 1.14 bits per heavy atom. The van der Waals surface area contributed by atoms with Gasteiger partial charge in [-0.15, -0.1) is 0 Å². The Bertz CT molecular complexity index is 1020. The minimum Gasteiger partial charge on any atom is -0.369 e. The molecule has 5 nitrogen and oxygen atoms in total. The van der Waals surface area contributed by atoms with E-state index >= 15 is 0 Å². The largest absolute Gasteiger partial charge is 0.369 e. The van der Waals surface area contributed by atoms with Crippen LogP contribution in [0.25, 0.3) is 0 Å². The Labute approximate surface area is 217 Å². The second-order valence-corrected chi connectivity index (χ2v) is 10.4. The van der Waals surface area contributed by atoms with E-state index in [4.69, 9.17) is 11.6 Å². The summed E-state index contributed by atoms with van der Waals surface area (Å²) >= 11 is 6.58. The van der Waals surface area contributed by atoms with Crippen LogP contribution < -0.4 is 15.5 Å². The third-order valence-electron chi connectivity index (χ3n) is 7.61. The van der Waals surface area contributed by atoms with Crippen molar-refractivity contribution in [3.63, 3.8) is 0 Å². The maximum absolute atomic E-state index is 13.4. The number of dihydropyridines is 1. The minimum absolute atomic E-state index is 0.0803. The number of halogens is 1. The smallest absolute Gasteiger partial charge is 0.251 e. The van der Waals surface area contributed by atoms with Crippen molar-refractivity contribution in [2.24, 2.45) is 0 Å². The molecule has 1 amide bonds. The lowest BCUT2D eigenvalue weighted by molar-refractivity contribution is 0.0956. The molecular weight excluding hydrogens is 456 g/mol. The van der Waals surface area contributed by atoms with Gasteiger partial charge in [-0.3, -0.25) is 4.79 Å². The highest BCUT2D eigenvalue weighted by molar-refractivity contribution is 6.31. The average Bonchev–Trinajstić information content (AvgIpc) is 2.84. The summed E-state index contributed by atoms with van der Waals surface area (Å²) in [5, 5.41) is 7.21. The van der Waals surface area contributed by atoms with Crippen LogP contribution in [0.4, 0.5) is 5.69 Å². The number of benzene rings is 1. The van der Waals surface area contributed by atoms with Gasteiger partial charge in [0.05, 0.1) is 0 Å². The van der Waals surface area contributed by atoms with E-state index < -0.39 is 0 Å². The molecule has 2 aliphatic rings. The van der Waals surface area contributed by atoms with Crippen LogP contribution in [0.1, 0.15) is 75.7 Å². The van der Waals surface area contributed by atoms with Gasteiger partial charge in [0.2, 0.25) is 0 Å². The molecule has 1 heterocycles. The Balaban J connectivity index is 1.82. The number of hydrogen-bond acceptors (Lipinski definition) is 4. The molecule has 35 heavy (non-hydrogen) atoms. The number of carbonyl (C=O) groups excluding carboxylic acids is 1. The first-order valence-corrected chi connectivity index (χ1v) is 13.4. The van der Waals surface area contributed by atoms with Crippen LogP contribution in [-0.4, -0.2) is 50.1 Å². The fourth-order valence-corrected chi connectivity index (χ4v) is 5.80. The Morgan fingerprint density at radius 2 is 1.80 bits per heavy atom. The number of nitrogens with one attached hydrogen (secondary N) is 2. The van der Waals surface area contributed by atoms with Crippen molar-refractivity contribution < 1.29 is 4.79 Å². The van der Waals surface area contributed by atoms with Crippen molar-refractivity contribution >= 4 is 23.2 Å². The zero-order chi connectivity index (χ0) is 25.7. The Hall–Kier alpha value is -2.24. The van der Waals surface area contributed by atoms with Crippen LogP contribution in [0.5, 0.6) is 0 Å². The normalized spacial score (nSPS) is 21.7. The molecule has 0 atom stereocenters. The summed E-state index contributed by atoms with van der Waals surface area (Å²) in [5.74, 6) is -0.0803. The molecule has 0 bridgehead atoms. The summed E-state index contributed by atoms with van der Waals surface area (Å²) in [6, 6.07) is 4.97. The number of nitrogens with zero attached hydrogens (tertiary/aromatic N) is 2.